The van der Waals surface area contributed by atoms with Crippen molar-refractivity contribution in [2.24, 2.45) is 5.41 Å². The van der Waals surface area contributed by atoms with Crippen LogP contribution in [0.5, 0.6) is 5.75 Å². The van der Waals surface area contributed by atoms with E-state index in [1.165, 1.54) is 18.2 Å². The van der Waals surface area contributed by atoms with Gasteiger partial charge in [-0.1, -0.05) is 48.0 Å². The van der Waals surface area contributed by atoms with Gasteiger partial charge in [-0.05, 0) is 41.8 Å². The highest BCUT2D eigenvalue weighted by Gasteiger charge is 2.59. The van der Waals surface area contributed by atoms with Gasteiger partial charge in [0.2, 0.25) is 15.9 Å². The fourth-order valence-corrected chi connectivity index (χ4v) is 4.26. The molecule has 1 atom stereocenters. The molecule has 11 heteroatoms. The zero-order valence-electron chi connectivity index (χ0n) is 17.5. The molecule has 3 rings (SSSR count). The number of phenolic OH excluding ortho intramolecular Hbond substituents is 1. The highest BCUT2D eigenvalue weighted by molar-refractivity contribution is 7.92. The monoisotopic (exact) mass is 500 g/mol. The van der Waals surface area contributed by atoms with Crippen LogP contribution in [-0.4, -0.2) is 38.9 Å². The van der Waals surface area contributed by atoms with E-state index in [1.807, 2.05) is 0 Å². The van der Waals surface area contributed by atoms with Crippen LogP contribution in [0.1, 0.15) is 12.0 Å². The third-order valence-corrected chi connectivity index (χ3v) is 6.15. The Hall–Kier alpha value is -2.98. The number of nitrogens with one attached hydrogen (secondary N) is 1. The molecule has 0 fully saturated rings. The van der Waals surface area contributed by atoms with Gasteiger partial charge < -0.3 is 10.0 Å². The number of benzene rings is 2. The van der Waals surface area contributed by atoms with E-state index in [4.69, 9.17) is 11.6 Å². The number of sulfonamides is 1. The molecule has 1 aliphatic rings. The van der Waals surface area contributed by atoms with Crippen molar-refractivity contribution in [2.45, 2.75) is 12.6 Å². The predicted octanol–water partition coefficient (Wildman–Crippen LogP) is 4.97. The van der Waals surface area contributed by atoms with Gasteiger partial charge in [0.15, 0.2) is 5.41 Å². The molecule has 0 radical (unpaired) electrons. The number of carbonyl (C=O) groups excluding carboxylic acids is 1. The van der Waals surface area contributed by atoms with Crippen LogP contribution >= 0.6 is 11.6 Å². The van der Waals surface area contributed by atoms with Gasteiger partial charge in [-0.3, -0.25) is 9.52 Å². The first-order valence-electron chi connectivity index (χ1n) is 9.55. The minimum absolute atomic E-state index is 0.0399. The fraction of sp³-hybridized carbons (Fsp3) is 0.227. The second-order valence-corrected chi connectivity index (χ2v) is 9.74. The third-order valence-electron chi connectivity index (χ3n) is 5.23. The van der Waals surface area contributed by atoms with Crippen molar-refractivity contribution < 1.29 is 31.5 Å². The van der Waals surface area contributed by atoms with Crippen LogP contribution in [-0.2, 0) is 14.8 Å². The number of alkyl halides is 3. The molecule has 0 bridgehead atoms. The zero-order valence-corrected chi connectivity index (χ0v) is 19.1. The van der Waals surface area contributed by atoms with Crippen molar-refractivity contribution in [3.63, 3.8) is 0 Å². The molecule has 0 spiro atoms. The summed E-state index contributed by atoms with van der Waals surface area (Å²) in [5.74, 6) is -1.71. The molecule has 0 aliphatic heterocycles. The van der Waals surface area contributed by atoms with Crippen LogP contribution in [0.15, 0.2) is 60.7 Å². The maximum Gasteiger partial charge on any atom is 0.406 e. The first-order chi connectivity index (χ1) is 15.2. The van der Waals surface area contributed by atoms with Gasteiger partial charge >= 0.3 is 6.18 Å². The molecule has 33 heavy (non-hydrogen) atoms. The summed E-state index contributed by atoms with van der Waals surface area (Å²) >= 11 is 6.14. The SMILES string of the molecule is CN(C(=O)C1(C(F)(F)F)C=CC(c2ccccc2Cl)=CC1)c1ccc(O)c(NS(C)(=O)=O)c1. The summed E-state index contributed by atoms with van der Waals surface area (Å²) in [6.07, 6.45) is -1.36. The molecule has 6 nitrogen and oxygen atoms in total. The fourth-order valence-electron chi connectivity index (χ4n) is 3.45. The molecule has 0 saturated heterocycles. The number of amides is 1. The normalized spacial score (nSPS) is 18.5. The Kier molecular flexibility index (Phi) is 6.54. The maximum atomic E-state index is 14.2. The Morgan fingerprint density at radius 3 is 2.42 bits per heavy atom. The van der Waals surface area contributed by atoms with Crippen LogP contribution in [0.3, 0.4) is 0 Å². The van der Waals surface area contributed by atoms with Gasteiger partial charge in [-0.2, -0.15) is 13.2 Å². The Morgan fingerprint density at radius 2 is 1.88 bits per heavy atom. The number of hydrogen-bond acceptors (Lipinski definition) is 4. The van der Waals surface area contributed by atoms with Gasteiger partial charge in [0, 0.05) is 17.8 Å². The second kappa shape index (κ2) is 8.75. The summed E-state index contributed by atoms with van der Waals surface area (Å²) in [6.45, 7) is 0. The molecule has 1 aliphatic carbocycles. The molecule has 176 valence electrons. The number of aromatic hydroxyl groups is 1. The van der Waals surface area contributed by atoms with E-state index >= 15 is 0 Å². The van der Waals surface area contributed by atoms with E-state index in [9.17, 15) is 31.5 Å². The Bertz CT molecular complexity index is 1260. The van der Waals surface area contributed by atoms with Crippen LogP contribution in [0.25, 0.3) is 5.57 Å². The smallest absolute Gasteiger partial charge is 0.406 e. The number of allylic oxidation sites excluding steroid dienone is 3. The summed E-state index contributed by atoms with van der Waals surface area (Å²) < 4.78 is 67.7. The lowest BCUT2D eigenvalue weighted by Crippen LogP contribution is -2.50. The molecule has 2 aromatic rings. The Labute approximate surface area is 194 Å². The number of nitrogens with zero attached hydrogens (tertiary/aromatic N) is 1. The molecule has 1 unspecified atom stereocenters. The Balaban J connectivity index is 1.97. The maximum absolute atomic E-state index is 14.2. The number of anilines is 2. The van der Waals surface area contributed by atoms with Gasteiger partial charge in [-0.15, -0.1) is 0 Å². The molecule has 2 aromatic carbocycles. The first kappa shape index (κ1) is 24.7. The molecule has 0 aromatic heterocycles. The van der Waals surface area contributed by atoms with E-state index in [0.29, 0.717) is 16.2 Å². The average molecular weight is 501 g/mol. The van der Waals surface area contributed by atoms with E-state index in [-0.39, 0.29) is 11.4 Å². The summed E-state index contributed by atoms with van der Waals surface area (Å²) in [6, 6.07) is 10.1. The number of phenols is 1. The lowest BCUT2D eigenvalue weighted by molar-refractivity contribution is -0.204. The summed E-state index contributed by atoms with van der Waals surface area (Å²) in [5.41, 5.74) is -2.14. The van der Waals surface area contributed by atoms with Gasteiger partial charge in [0.25, 0.3) is 0 Å². The Morgan fingerprint density at radius 1 is 1.21 bits per heavy atom. The van der Waals surface area contributed by atoms with Gasteiger partial charge in [0.05, 0.1) is 11.9 Å². The lowest BCUT2D eigenvalue weighted by Gasteiger charge is -2.36. The lowest BCUT2D eigenvalue weighted by atomic mass is 9.77. The van der Waals surface area contributed by atoms with Crippen LogP contribution in [0, 0.1) is 5.41 Å². The molecule has 0 heterocycles. The summed E-state index contributed by atoms with van der Waals surface area (Å²) in [7, 11) is -2.63. The van der Waals surface area contributed by atoms with E-state index < -0.39 is 39.7 Å². The first-order valence-corrected chi connectivity index (χ1v) is 11.8. The quantitative estimate of drug-likeness (QED) is 0.567. The van der Waals surface area contributed by atoms with Gasteiger partial charge in [0.1, 0.15) is 5.75 Å². The number of rotatable bonds is 5. The minimum atomic E-state index is -4.91. The summed E-state index contributed by atoms with van der Waals surface area (Å²) in [4.78, 5) is 13.9. The largest absolute Gasteiger partial charge is 0.506 e. The highest BCUT2D eigenvalue weighted by atomic mass is 35.5. The molecular weight excluding hydrogens is 481 g/mol. The number of halogens is 4. The summed E-state index contributed by atoms with van der Waals surface area (Å²) in [5, 5.41) is 10.2. The van der Waals surface area contributed by atoms with Crippen molar-refractivity contribution in [1.82, 2.24) is 0 Å². The standard InChI is InChI=1S/C22H20ClF3N2O4S/c1-28(15-7-8-19(29)18(13-15)27-33(2,31)32)20(30)21(22(24,25)26)11-9-14(10-12-21)16-5-3-4-6-17(16)23/h3-11,13,27,29H,12H2,1-2H3. The average Bonchev–Trinajstić information content (AvgIpc) is 2.73. The van der Waals surface area contributed by atoms with Crippen molar-refractivity contribution in [2.75, 3.05) is 22.9 Å². The van der Waals surface area contributed by atoms with E-state index in [2.05, 4.69) is 4.72 Å². The van der Waals surface area contributed by atoms with Gasteiger partial charge in [-0.25, -0.2) is 8.42 Å². The third kappa shape index (κ3) is 5.01. The number of hydrogen-bond donors (Lipinski definition) is 2. The number of carbonyl (C=O) groups is 1. The van der Waals surface area contributed by atoms with Crippen LogP contribution < -0.4 is 9.62 Å². The predicted molar refractivity (Wildman–Crippen MR) is 122 cm³/mol. The highest BCUT2D eigenvalue weighted by Crippen LogP contribution is 2.48. The molecular formula is C22H20ClF3N2O4S. The van der Waals surface area contributed by atoms with Crippen molar-refractivity contribution >= 4 is 44.5 Å². The minimum Gasteiger partial charge on any atom is -0.506 e. The van der Waals surface area contributed by atoms with Crippen LogP contribution in [0.4, 0.5) is 24.5 Å². The van der Waals surface area contributed by atoms with E-state index in [1.54, 1.807) is 24.3 Å². The molecule has 0 saturated carbocycles. The van der Waals surface area contributed by atoms with Crippen molar-refractivity contribution in [1.29, 1.82) is 0 Å². The van der Waals surface area contributed by atoms with E-state index in [0.717, 1.165) is 36.4 Å². The zero-order chi connectivity index (χ0) is 24.6. The van der Waals surface area contributed by atoms with Crippen molar-refractivity contribution in [3.8, 4) is 5.75 Å². The molecule has 1 amide bonds. The second-order valence-electron chi connectivity index (χ2n) is 7.59. The van der Waals surface area contributed by atoms with Crippen molar-refractivity contribution in [3.05, 3.63) is 71.3 Å². The molecule has 2 N–H and O–H groups in total. The topological polar surface area (TPSA) is 86.7 Å². The van der Waals surface area contributed by atoms with Crippen LogP contribution in [0.2, 0.25) is 5.02 Å².